The molecule has 1 aliphatic carbocycles. The quantitative estimate of drug-likeness (QED) is 0.737. The highest BCUT2D eigenvalue weighted by atomic mass is 32.1. The molecule has 19 heavy (non-hydrogen) atoms. The normalized spacial score (nSPS) is 15.4. The van der Waals surface area contributed by atoms with Gasteiger partial charge in [-0.15, -0.1) is 11.3 Å². The molecule has 0 aliphatic heterocycles. The van der Waals surface area contributed by atoms with Gasteiger partial charge in [0.25, 0.3) is 0 Å². The maximum absolute atomic E-state index is 3.61. The third-order valence-electron chi connectivity index (χ3n) is 3.69. The zero-order valence-corrected chi connectivity index (χ0v) is 13.5. The number of nitrogens with zero attached hydrogens (tertiary/aromatic N) is 1. The van der Waals surface area contributed by atoms with Crippen molar-refractivity contribution in [1.29, 1.82) is 0 Å². The van der Waals surface area contributed by atoms with Crippen LogP contribution in [0.15, 0.2) is 6.07 Å². The number of aryl methyl sites for hydroxylation is 1. The van der Waals surface area contributed by atoms with Gasteiger partial charge in [-0.25, -0.2) is 0 Å². The molecule has 1 aliphatic rings. The third kappa shape index (κ3) is 4.90. The first-order valence-electron chi connectivity index (χ1n) is 7.76. The van der Waals surface area contributed by atoms with Crippen molar-refractivity contribution in [3.63, 3.8) is 0 Å². The molecule has 108 valence electrons. The summed E-state index contributed by atoms with van der Waals surface area (Å²) in [7, 11) is 0. The van der Waals surface area contributed by atoms with Crippen LogP contribution >= 0.6 is 11.3 Å². The Morgan fingerprint density at radius 3 is 2.53 bits per heavy atom. The Morgan fingerprint density at radius 1 is 1.26 bits per heavy atom. The van der Waals surface area contributed by atoms with E-state index < -0.39 is 0 Å². The highest BCUT2D eigenvalue weighted by Gasteiger charge is 2.20. The van der Waals surface area contributed by atoms with Crippen molar-refractivity contribution in [2.24, 2.45) is 0 Å². The molecule has 0 atom stereocenters. The lowest BCUT2D eigenvalue weighted by atomic mass is 10.2. The molecule has 0 unspecified atom stereocenters. The smallest absolute Gasteiger partial charge is 0.0302 e. The number of hydrogen-bond donors (Lipinski definition) is 1. The summed E-state index contributed by atoms with van der Waals surface area (Å²) in [6.07, 6.45) is 5.24. The third-order valence-corrected chi connectivity index (χ3v) is 4.78. The minimum atomic E-state index is 0.808. The Kier molecular flexibility index (Phi) is 5.86. The predicted octanol–water partition coefficient (Wildman–Crippen LogP) is 3.93. The zero-order chi connectivity index (χ0) is 13.7. The minimum Gasteiger partial charge on any atom is -0.309 e. The SMILES string of the molecule is CCCN(CCC)Cc1cc(CNC2CC2)sc1C. The molecule has 1 aromatic rings. The predicted molar refractivity (Wildman–Crippen MR) is 84.8 cm³/mol. The molecular formula is C16H28N2S. The van der Waals surface area contributed by atoms with E-state index in [2.05, 4.69) is 37.1 Å². The van der Waals surface area contributed by atoms with Gasteiger partial charge in [-0.1, -0.05) is 13.8 Å². The summed E-state index contributed by atoms with van der Waals surface area (Å²) < 4.78 is 0. The summed E-state index contributed by atoms with van der Waals surface area (Å²) in [4.78, 5) is 5.60. The van der Waals surface area contributed by atoms with Crippen molar-refractivity contribution >= 4 is 11.3 Å². The Balaban J connectivity index is 1.89. The maximum atomic E-state index is 3.61. The summed E-state index contributed by atoms with van der Waals surface area (Å²) in [5, 5.41) is 3.61. The molecule has 1 heterocycles. The first kappa shape index (κ1) is 15.0. The van der Waals surface area contributed by atoms with Gasteiger partial charge in [-0.3, -0.25) is 4.90 Å². The highest BCUT2D eigenvalue weighted by molar-refractivity contribution is 7.12. The van der Waals surface area contributed by atoms with E-state index in [0.29, 0.717) is 0 Å². The lowest BCUT2D eigenvalue weighted by Crippen LogP contribution is -2.24. The first-order chi connectivity index (χ1) is 9.22. The molecule has 0 radical (unpaired) electrons. The van der Waals surface area contributed by atoms with Crippen LogP contribution in [-0.4, -0.2) is 24.0 Å². The molecule has 0 saturated heterocycles. The van der Waals surface area contributed by atoms with E-state index in [0.717, 1.165) is 19.1 Å². The van der Waals surface area contributed by atoms with Crippen LogP contribution in [0.3, 0.4) is 0 Å². The van der Waals surface area contributed by atoms with Crippen molar-refractivity contribution < 1.29 is 0 Å². The van der Waals surface area contributed by atoms with Crippen molar-refractivity contribution in [3.05, 3.63) is 21.4 Å². The average Bonchev–Trinajstić information content (AvgIpc) is 3.14. The van der Waals surface area contributed by atoms with Gasteiger partial charge >= 0.3 is 0 Å². The Hall–Kier alpha value is -0.380. The summed E-state index contributed by atoms with van der Waals surface area (Å²) >= 11 is 1.97. The Labute approximate surface area is 122 Å². The standard InChI is InChI=1S/C16H28N2S/c1-4-8-18(9-5-2)12-14-10-16(19-13(14)3)11-17-15-6-7-15/h10,15,17H,4-9,11-12H2,1-3H3. The van der Waals surface area contributed by atoms with Gasteiger partial charge in [-0.2, -0.15) is 0 Å². The summed E-state index contributed by atoms with van der Waals surface area (Å²) in [5.74, 6) is 0. The van der Waals surface area contributed by atoms with E-state index in [1.54, 1.807) is 5.56 Å². The average molecular weight is 280 g/mol. The summed E-state index contributed by atoms with van der Waals surface area (Å²) in [5.41, 5.74) is 1.54. The van der Waals surface area contributed by atoms with Crippen molar-refractivity contribution in [2.45, 2.75) is 65.6 Å². The number of thiophene rings is 1. The molecule has 2 rings (SSSR count). The molecule has 2 nitrogen and oxygen atoms in total. The fourth-order valence-electron chi connectivity index (χ4n) is 2.51. The summed E-state index contributed by atoms with van der Waals surface area (Å²) in [6.45, 7) is 11.5. The van der Waals surface area contributed by atoms with Gasteiger partial charge < -0.3 is 5.32 Å². The van der Waals surface area contributed by atoms with Gasteiger partial charge in [0.1, 0.15) is 0 Å². The van der Waals surface area contributed by atoms with Crippen LogP contribution < -0.4 is 5.32 Å². The Bertz CT molecular complexity index is 376. The molecule has 0 amide bonds. The van der Waals surface area contributed by atoms with Gasteiger partial charge in [-0.05, 0) is 57.3 Å². The van der Waals surface area contributed by atoms with E-state index in [4.69, 9.17) is 0 Å². The van der Waals surface area contributed by atoms with Crippen LogP contribution in [0.4, 0.5) is 0 Å². The molecule has 3 heteroatoms. The van der Waals surface area contributed by atoms with Crippen molar-refractivity contribution in [2.75, 3.05) is 13.1 Å². The first-order valence-corrected chi connectivity index (χ1v) is 8.58. The largest absolute Gasteiger partial charge is 0.309 e. The van der Waals surface area contributed by atoms with E-state index >= 15 is 0 Å². The minimum absolute atomic E-state index is 0.808. The monoisotopic (exact) mass is 280 g/mol. The topological polar surface area (TPSA) is 15.3 Å². The number of rotatable bonds is 9. The van der Waals surface area contributed by atoms with Gasteiger partial charge in [0.15, 0.2) is 0 Å². The second kappa shape index (κ2) is 7.41. The Morgan fingerprint density at radius 2 is 1.95 bits per heavy atom. The summed E-state index contributed by atoms with van der Waals surface area (Å²) in [6, 6.07) is 3.23. The second-order valence-corrected chi connectivity index (χ2v) is 7.07. The van der Waals surface area contributed by atoms with Gasteiger partial charge in [0.05, 0.1) is 0 Å². The second-order valence-electron chi connectivity index (χ2n) is 5.73. The highest BCUT2D eigenvalue weighted by Crippen LogP contribution is 2.25. The molecule has 1 saturated carbocycles. The van der Waals surface area contributed by atoms with Crippen LogP contribution in [0.2, 0.25) is 0 Å². The van der Waals surface area contributed by atoms with Crippen molar-refractivity contribution in [1.82, 2.24) is 10.2 Å². The van der Waals surface area contributed by atoms with E-state index in [1.807, 2.05) is 11.3 Å². The fourth-order valence-corrected chi connectivity index (χ4v) is 3.51. The van der Waals surface area contributed by atoms with Crippen LogP contribution in [-0.2, 0) is 13.1 Å². The molecule has 1 N–H and O–H groups in total. The van der Waals surface area contributed by atoms with Crippen LogP contribution in [0.5, 0.6) is 0 Å². The molecule has 0 spiro atoms. The van der Waals surface area contributed by atoms with E-state index in [1.165, 1.54) is 48.5 Å². The van der Waals surface area contributed by atoms with Crippen LogP contribution in [0.25, 0.3) is 0 Å². The van der Waals surface area contributed by atoms with E-state index in [9.17, 15) is 0 Å². The molecule has 1 fully saturated rings. The fraction of sp³-hybridized carbons (Fsp3) is 0.750. The number of nitrogens with one attached hydrogen (secondary N) is 1. The van der Waals surface area contributed by atoms with Crippen LogP contribution in [0.1, 0.15) is 54.8 Å². The van der Waals surface area contributed by atoms with Gasteiger partial charge in [0.2, 0.25) is 0 Å². The lowest BCUT2D eigenvalue weighted by molar-refractivity contribution is 0.266. The maximum Gasteiger partial charge on any atom is 0.0302 e. The van der Waals surface area contributed by atoms with E-state index in [-0.39, 0.29) is 0 Å². The van der Waals surface area contributed by atoms with Gasteiger partial charge in [0, 0.05) is 28.9 Å². The molecule has 1 aromatic heterocycles. The zero-order valence-electron chi connectivity index (χ0n) is 12.7. The number of hydrogen-bond acceptors (Lipinski definition) is 3. The van der Waals surface area contributed by atoms with Crippen LogP contribution in [0, 0.1) is 6.92 Å². The molecule has 0 bridgehead atoms. The lowest BCUT2D eigenvalue weighted by Gasteiger charge is -2.20. The molecule has 0 aromatic carbocycles. The molecular weight excluding hydrogens is 252 g/mol. The van der Waals surface area contributed by atoms with Crippen molar-refractivity contribution in [3.8, 4) is 0 Å².